The second-order valence-corrected chi connectivity index (χ2v) is 9.43. The lowest BCUT2D eigenvalue weighted by Gasteiger charge is -2.40. The molecule has 0 spiro atoms. The van der Waals surface area contributed by atoms with Gasteiger partial charge in [0.2, 0.25) is 5.95 Å². The minimum absolute atomic E-state index is 0.160. The fraction of sp³-hybridized carbons (Fsp3) is 0.370. The van der Waals surface area contributed by atoms with Gasteiger partial charge in [-0.15, -0.1) is 0 Å². The van der Waals surface area contributed by atoms with E-state index in [-0.39, 0.29) is 17.6 Å². The van der Waals surface area contributed by atoms with E-state index in [0.717, 1.165) is 25.7 Å². The minimum atomic E-state index is -0.296. The highest BCUT2D eigenvalue weighted by molar-refractivity contribution is 5.63. The van der Waals surface area contributed by atoms with Gasteiger partial charge in [-0.1, -0.05) is 68.4 Å². The van der Waals surface area contributed by atoms with Gasteiger partial charge in [0.05, 0.1) is 12.3 Å². The third kappa shape index (κ3) is 5.68. The molecule has 0 amide bonds. The second-order valence-electron chi connectivity index (χ2n) is 9.43. The summed E-state index contributed by atoms with van der Waals surface area (Å²) in [5.41, 5.74) is 3.92. The maximum atomic E-state index is 10.2. The molecule has 0 radical (unpaired) electrons. The van der Waals surface area contributed by atoms with Gasteiger partial charge in [-0.2, -0.15) is 10.2 Å². The average molecular weight is 442 g/mol. The number of nitrogens with zero attached hydrogens (tertiary/aromatic N) is 3. The quantitative estimate of drug-likeness (QED) is 0.477. The van der Waals surface area contributed by atoms with Crippen LogP contribution < -0.4 is 10.6 Å². The van der Waals surface area contributed by atoms with Crippen molar-refractivity contribution in [1.29, 1.82) is 5.26 Å². The normalized spacial score (nSPS) is 19.5. The monoisotopic (exact) mass is 441 g/mol. The Hall–Kier alpha value is -3.43. The number of aromatic nitrogens is 2. The first kappa shape index (κ1) is 22.8. The molecule has 6 heteroatoms. The summed E-state index contributed by atoms with van der Waals surface area (Å²) in [7, 11) is 0. The van der Waals surface area contributed by atoms with Crippen LogP contribution in [0, 0.1) is 16.7 Å². The lowest BCUT2D eigenvalue weighted by molar-refractivity contribution is 0.00926. The van der Waals surface area contributed by atoms with Crippen LogP contribution in [0.15, 0.2) is 60.8 Å². The number of nitriles is 1. The van der Waals surface area contributed by atoms with E-state index in [1.54, 1.807) is 6.20 Å². The van der Waals surface area contributed by atoms with Crippen molar-refractivity contribution in [3.05, 3.63) is 71.9 Å². The zero-order valence-electron chi connectivity index (χ0n) is 19.3. The van der Waals surface area contributed by atoms with E-state index < -0.39 is 0 Å². The van der Waals surface area contributed by atoms with Gasteiger partial charge in [0.15, 0.2) is 0 Å². The average Bonchev–Trinajstić information content (AvgIpc) is 2.82. The minimum Gasteiger partial charge on any atom is -0.393 e. The van der Waals surface area contributed by atoms with E-state index >= 15 is 0 Å². The molecule has 6 nitrogen and oxygen atoms in total. The van der Waals surface area contributed by atoms with Crippen molar-refractivity contribution in [2.24, 2.45) is 5.41 Å². The first-order valence-corrected chi connectivity index (χ1v) is 11.5. The zero-order chi connectivity index (χ0) is 23.3. The van der Waals surface area contributed by atoms with Crippen molar-refractivity contribution in [2.45, 2.75) is 51.7 Å². The number of nitrogens with one attached hydrogen (secondary N) is 2. The lowest BCUT2D eigenvalue weighted by atomic mass is 9.73. The number of benzene rings is 2. The Bertz CT molecular complexity index is 1110. The molecule has 0 aliphatic heterocycles. The zero-order valence-corrected chi connectivity index (χ0v) is 19.3. The van der Waals surface area contributed by atoms with E-state index in [1.165, 1.54) is 16.7 Å². The van der Waals surface area contributed by atoms with Crippen LogP contribution in [0.4, 0.5) is 11.8 Å². The number of aliphatic hydroxyl groups excluding tert-OH is 1. The Morgan fingerprint density at radius 2 is 1.79 bits per heavy atom. The van der Waals surface area contributed by atoms with Gasteiger partial charge in [-0.3, -0.25) is 0 Å². The molecule has 1 saturated carbocycles. The molecule has 4 rings (SSSR count). The van der Waals surface area contributed by atoms with Gasteiger partial charge in [-0.25, -0.2) is 4.98 Å². The molecule has 0 bridgehead atoms. The van der Waals surface area contributed by atoms with E-state index in [1.807, 2.05) is 18.2 Å². The fourth-order valence-corrected chi connectivity index (χ4v) is 4.41. The predicted octanol–water partition coefficient (Wildman–Crippen LogP) is 5.02. The first-order chi connectivity index (χ1) is 15.9. The summed E-state index contributed by atoms with van der Waals surface area (Å²) >= 11 is 0. The maximum Gasteiger partial charge on any atom is 0.224 e. The molecule has 0 unspecified atom stereocenters. The highest BCUT2D eigenvalue weighted by Crippen LogP contribution is 2.37. The molecule has 3 N–H and O–H groups in total. The van der Waals surface area contributed by atoms with Gasteiger partial charge in [0.25, 0.3) is 0 Å². The predicted molar refractivity (Wildman–Crippen MR) is 132 cm³/mol. The van der Waals surface area contributed by atoms with Crippen LogP contribution in [0.25, 0.3) is 11.1 Å². The van der Waals surface area contributed by atoms with Crippen LogP contribution in [0.1, 0.15) is 44.2 Å². The summed E-state index contributed by atoms with van der Waals surface area (Å²) in [6.07, 6.45) is 4.53. The summed E-state index contributed by atoms with van der Waals surface area (Å²) in [4.78, 5) is 8.88. The van der Waals surface area contributed by atoms with Crippen molar-refractivity contribution < 1.29 is 5.11 Å². The van der Waals surface area contributed by atoms with Gasteiger partial charge >= 0.3 is 0 Å². The van der Waals surface area contributed by atoms with Gasteiger partial charge in [-0.05, 0) is 47.8 Å². The Morgan fingerprint density at radius 1 is 1.06 bits per heavy atom. The summed E-state index contributed by atoms with van der Waals surface area (Å²) < 4.78 is 0. The van der Waals surface area contributed by atoms with E-state index in [2.05, 4.69) is 76.9 Å². The van der Waals surface area contributed by atoms with Crippen LogP contribution in [0.5, 0.6) is 0 Å². The van der Waals surface area contributed by atoms with Gasteiger partial charge < -0.3 is 15.7 Å². The third-order valence-electron chi connectivity index (χ3n) is 6.47. The van der Waals surface area contributed by atoms with Gasteiger partial charge in [0.1, 0.15) is 17.5 Å². The molecule has 2 aromatic carbocycles. The standard InChI is InChI=1S/C27H31N5O/c1-27(2)16-23(12-13-24(27)33)31-25-22(17-28)18-30-26(32-25)29-15-14-19-8-10-21(11-9-19)20-6-4-3-5-7-20/h3-11,18,23-24,33H,12-16H2,1-2H3,(H2,29,30,31,32)/t23-,24+/m1/s1. The van der Waals surface area contributed by atoms with Crippen LogP contribution in [-0.2, 0) is 6.42 Å². The Balaban J connectivity index is 1.35. The molecule has 1 aliphatic rings. The number of hydrogen-bond acceptors (Lipinski definition) is 6. The van der Waals surface area contributed by atoms with E-state index in [4.69, 9.17) is 0 Å². The van der Waals surface area contributed by atoms with Crippen molar-refractivity contribution in [3.8, 4) is 17.2 Å². The highest BCUT2D eigenvalue weighted by Gasteiger charge is 2.35. The molecule has 1 aliphatic carbocycles. The smallest absolute Gasteiger partial charge is 0.224 e. The first-order valence-electron chi connectivity index (χ1n) is 11.5. The van der Waals surface area contributed by atoms with Crippen molar-refractivity contribution in [1.82, 2.24) is 9.97 Å². The second kappa shape index (κ2) is 10.0. The molecule has 1 heterocycles. The summed E-state index contributed by atoms with van der Waals surface area (Å²) in [5, 5.41) is 26.4. The fourth-order valence-electron chi connectivity index (χ4n) is 4.41. The SMILES string of the molecule is CC1(C)C[C@H](Nc2nc(NCCc3ccc(-c4ccccc4)cc3)ncc2C#N)CC[C@@H]1O. The third-order valence-corrected chi connectivity index (χ3v) is 6.47. The molecular weight excluding hydrogens is 410 g/mol. The van der Waals surface area contributed by atoms with Crippen molar-refractivity contribution >= 4 is 11.8 Å². The topological polar surface area (TPSA) is 93.9 Å². The van der Waals surface area contributed by atoms with Crippen LogP contribution in [-0.4, -0.2) is 33.8 Å². The number of rotatable bonds is 7. The molecular formula is C27H31N5O. The molecule has 1 fully saturated rings. The molecule has 33 heavy (non-hydrogen) atoms. The van der Waals surface area contributed by atoms with E-state index in [9.17, 15) is 10.4 Å². The number of hydrogen-bond donors (Lipinski definition) is 3. The largest absolute Gasteiger partial charge is 0.393 e. The van der Waals surface area contributed by atoms with Crippen molar-refractivity contribution in [2.75, 3.05) is 17.2 Å². The molecule has 0 saturated heterocycles. The number of anilines is 2. The van der Waals surface area contributed by atoms with E-state index in [0.29, 0.717) is 23.9 Å². The van der Waals surface area contributed by atoms with Crippen LogP contribution in [0.2, 0.25) is 0 Å². The van der Waals surface area contributed by atoms with Crippen molar-refractivity contribution in [3.63, 3.8) is 0 Å². The Kier molecular flexibility index (Phi) is 6.90. The summed E-state index contributed by atoms with van der Waals surface area (Å²) in [6, 6.07) is 21.3. The highest BCUT2D eigenvalue weighted by atomic mass is 16.3. The van der Waals surface area contributed by atoms with Gasteiger partial charge in [0, 0.05) is 12.6 Å². The summed E-state index contributed by atoms with van der Waals surface area (Å²) in [6.45, 7) is 4.85. The molecule has 2 atom stereocenters. The Morgan fingerprint density at radius 3 is 2.48 bits per heavy atom. The lowest BCUT2D eigenvalue weighted by Crippen LogP contribution is -2.41. The van der Waals surface area contributed by atoms with Crippen LogP contribution >= 0.6 is 0 Å². The summed E-state index contributed by atoms with van der Waals surface area (Å²) in [5.74, 6) is 1.06. The maximum absolute atomic E-state index is 10.2. The molecule has 1 aromatic heterocycles. The molecule has 170 valence electrons. The molecule has 3 aromatic rings. The number of aliphatic hydroxyl groups is 1. The van der Waals surface area contributed by atoms with Crippen LogP contribution in [0.3, 0.4) is 0 Å². The Labute approximate surface area is 195 Å².